The van der Waals surface area contributed by atoms with Crippen molar-refractivity contribution in [1.29, 1.82) is 0 Å². The van der Waals surface area contributed by atoms with E-state index in [1.165, 1.54) is 7.11 Å². The molecule has 0 aromatic heterocycles. The summed E-state index contributed by atoms with van der Waals surface area (Å²) in [6, 6.07) is 4.71. The number of amides is 1. The van der Waals surface area contributed by atoms with Gasteiger partial charge in [0.2, 0.25) is 0 Å². The molecule has 2 N–H and O–H groups in total. The number of nitrogens with one attached hydrogen (secondary N) is 1. The monoisotopic (exact) mass is 271 g/mol. The summed E-state index contributed by atoms with van der Waals surface area (Å²) in [6.45, 7) is 0.302. The molecule has 0 fully saturated rings. The number of carbonyl (C=O) groups excluding carboxylic acids is 1. The predicted molar refractivity (Wildman–Crippen MR) is 67.2 cm³/mol. The second-order valence-corrected chi connectivity index (χ2v) is 4.03. The SMILES string of the molecule is COc1cc(Cl)ccc1C(=O)NCCCC(=O)O. The lowest BCUT2D eigenvalue weighted by atomic mass is 10.2. The number of rotatable bonds is 6. The number of aliphatic carboxylic acids is 1. The van der Waals surface area contributed by atoms with Crippen molar-refractivity contribution in [3.05, 3.63) is 28.8 Å². The van der Waals surface area contributed by atoms with Gasteiger partial charge in [-0.2, -0.15) is 0 Å². The number of ether oxygens (including phenoxy) is 1. The molecule has 1 amide bonds. The van der Waals surface area contributed by atoms with Crippen LogP contribution in [0, 0.1) is 0 Å². The second-order valence-electron chi connectivity index (χ2n) is 3.60. The molecular formula is C12H14ClNO4. The molecule has 1 rings (SSSR count). The van der Waals surface area contributed by atoms with Gasteiger partial charge in [-0.15, -0.1) is 0 Å². The van der Waals surface area contributed by atoms with Crippen LogP contribution in [0.4, 0.5) is 0 Å². The van der Waals surface area contributed by atoms with Crippen LogP contribution < -0.4 is 10.1 Å². The Bertz CT molecular complexity index is 448. The van der Waals surface area contributed by atoms with Crippen molar-refractivity contribution in [1.82, 2.24) is 5.32 Å². The normalized spacial score (nSPS) is 9.89. The summed E-state index contributed by atoms with van der Waals surface area (Å²) in [7, 11) is 1.45. The topological polar surface area (TPSA) is 75.6 Å². The van der Waals surface area contributed by atoms with E-state index in [1.54, 1.807) is 18.2 Å². The predicted octanol–water partition coefficient (Wildman–Crippen LogP) is 1.94. The molecule has 0 aliphatic heterocycles. The van der Waals surface area contributed by atoms with Crippen LogP contribution in [0.2, 0.25) is 5.02 Å². The Morgan fingerprint density at radius 3 is 2.78 bits per heavy atom. The summed E-state index contributed by atoms with van der Waals surface area (Å²) in [5.74, 6) is -0.805. The third kappa shape index (κ3) is 4.25. The molecule has 0 bridgehead atoms. The van der Waals surface area contributed by atoms with E-state index in [2.05, 4.69) is 5.32 Å². The van der Waals surface area contributed by atoms with E-state index >= 15 is 0 Å². The molecule has 0 atom stereocenters. The van der Waals surface area contributed by atoms with E-state index in [-0.39, 0.29) is 12.3 Å². The molecule has 0 saturated heterocycles. The molecule has 6 heteroatoms. The van der Waals surface area contributed by atoms with Crippen molar-refractivity contribution in [2.45, 2.75) is 12.8 Å². The molecule has 18 heavy (non-hydrogen) atoms. The lowest BCUT2D eigenvalue weighted by Crippen LogP contribution is -2.25. The largest absolute Gasteiger partial charge is 0.496 e. The summed E-state index contributed by atoms with van der Waals surface area (Å²) in [5, 5.41) is 11.6. The molecule has 0 aliphatic rings. The smallest absolute Gasteiger partial charge is 0.303 e. The van der Waals surface area contributed by atoms with E-state index in [0.717, 1.165) is 0 Å². The highest BCUT2D eigenvalue weighted by molar-refractivity contribution is 6.30. The zero-order chi connectivity index (χ0) is 13.5. The number of carbonyl (C=O) groups is 2. The average molecular weight is 272 g/mol. The van der Waals surface area contributed by atoms with Gasteiger partial charge in [0.15, 0.2) is 0 Å². The van der Waals surface area contributed by atoms with Gasteiger partial charge in [-0.3, -0.25) is 9.59 Å². The molecule has 1 aromatic carbocycles. The molecule has 1 aromatic rings. The van der Waals surface area contributed by atoms with Crippen LogP contribution in [-0.2, 0) is 4.79 Å². The first-order valence-electron chi connectivity index (χ1n) is 5.38. The van der Waals surface area contributed by atoms with Gasteiger partial charge < -0.3 is 15.2 Å². The summed E-state index contributed by atoms with van der Waals surface area (Å²) in [4.78, 5) is 22.1. The second kappa shape index (κ2) is 6.86. The van der Waals surface area contributed by atoms with Gasteiger partial charge in [0, 0.05) is 18.0 Å². The number of hydrogen-bond acceptors (Lipinski definition) is 3. The maximum absolute atomic E-state index is 11.8. The minimum atomic E-state index is -0.881. The Morgan fingerprint density at radius 2 is 2.17 bits per heavy atom. The van der Waals surface area contributed by atoms with Gasteiger partial charge in [-0.05, 0) is 24.6 Å². The van der Waals surface area contributed by atoms with Gasteiger partial charge in [-0.25, -0.2) is 0 Å². The zero-order valence-electron chi connectivity index (χ0n) is 9.90. The summed E-state index contributed by atoms with van der Waals surface area (Å²) < 4.78 is 5.05. The Hall–Kier alpha value is -1.75. The fourth-order valence-electron chi connectivity index (χ4n) is 1.39. The van der Waals surface area contributed by atoms with Gasteiger partial charge in [0.1, 0.15) is 5.75 Å². The van der Waals surface area contributed by atoms with Crippen molar-refractivity contribution in [3.8, 4) is 5.75 Å². The molecule has 0 radical (unpaired) electrons. The molecule has 0 aliphatic carbocycles. The van der Waals surface area contributed by atoms with Crippen LogP contribution in [0.25, 0.3) is 0 Å². The summed E-state index contributed by atoms with van der Waals surface area (Å²) >= 11 is 5.78. The first kappa shape index (κ1) is 14.3. The van der Waals surface area contributed by atoms with E-state index in [4.69, 9.17) is 21.4 Å². The number of carboxylic acids is 1. The fraction of sp³-hybridized carbons (Fsp3) is 0.333. The highest BCUT2D eigenvalue weighted by Crippen LogP contribution is 2.22. The Morgan fingerprint density at radius 1 is 1.44 bits per heavy atom. The first-order chi connectivity index (χ1) is 8.54. The number of carboxylic acid groups (broad SMARTS) is 1. The highest BCUT2D eigenvalue weighted by atomic mass is 35.5. The van der Waals surface area contributed by atoms with Crippen LogP contribution in [0.3, 0.4) is 0 Å². The zero-order valence-corrected chi connectivity index (χ0v) is 10.7. The van der Waals surface area contributed by atoms with Gasteiger partial charge in [-0.1, -0.05) is 11.6 Å². The lowest BCUT2D eigenvalue weighted by Gasteiger charge is -2.09. The Kier molecular flexibility index (Phi) is 5.45. The standard InChI is InChI=1S/C12H14ClNO4/c1-18-10-7-8(13)4-5-9(10)12(17)14-6-2-3-11(15)16/h4-5,7H,2-3,6H2,1H3,(H,14,17)(H,15,16). The van der Waals surface area contributed by atoms with Crippen LogP contribution in [0.5, 0.6) is 5.75 Å². The Balaban J connectivity index is 2.58. The minimum absolute atomic E-state index is 0.0258. The van der Waals surface area contributed by atoms with E-state index < -0.39 is 5.97 Å². The molecule has 0 spiro atoms. The molecular weight excluding hydrogens is 258 g/mol. The van der Waals surface area contributed by atoms with Crippen LogP contribution >= 0.6 is 11.6 Å². The van der Waals surface area contributed by atoms with E-state index in [9.17, 15) is 9.59 Å². The number of methoxy groups -OCH3 is 1. The number of hydrogen-bond donors (Lipinski definition) is 2. The quantitative estimate of drug-likeness (QED) is 0.776. The maximum atomic E-state index is 11.8. The summed E-state index contributed by atoms with van der Waals surface area (Å²) in [6.07, 6.45) is 0.412. The lowest BCUT2D eigenvalue weighted by molar-refractivity contribution is -0.137. The van der Waals surface area contributed by atoms with Crippen molar-refractivity contribution in [3.63, 3.8) is 0 Å². The van der Waals surface area contributed by atoms with Crippen molar-refractivity contribution in [2.75, 3.05) is 13.7 Å². The molecule has 5 nitrogen and oxygen atoms in total. The summed E-state index contributed by atoms with van der Waals surface area (Å²) in [5.41, 5.74) is 0.372. The average Bonchev–Trinajstić information content (AvgIpc) is 2.33. The molecule has 0 heterocycles. The third-order valence-electron chi connectivity index (χ3n) is 2.26. The van der Waals surface area contributed by atoms with Crippen LogP contribution in [0.15, 0.2) is 18.2 Å². The van der Waals surface area contributed by atoms with Crippen molar-refractivity contribution in [2.24, 2.45) is 0 Å². The Labute approximate surface area is 110 Å². The molecule has 98 valence electrons. The first-order valence-corrected chi connectivity index (χ1v) is 5.76. The highest BCUT2D eigenvalue weighted by Gasteiger charge is 2.12. The maximum Gasteiger partial charge on any atom is 0.303 e. The van der Waals surface area contributed by atoms with E-state index in [1.807, 2.05) is 0 Å². The third-order valence-corrected chi connectivity index (χ3v) is 2.50. The van der Waals surface area contributed by atoms with Gasteiger partial charge in [0.25, 0.3) is 5.91 Å². The van der Waals surface area contributed by atoms with Crippen molar-refractivity contribution < 1.29 is 19.4 Å². The van der Waals surface area contributed by atoms with Crippen LogP contribution in [-0.4, -0.2) is 30.6 Å². The van der Waals surface area contributed by atoms with E-state index in [0.29, 0.717) is 29.3 Å². The number of benzene rings is 1. The fourth-order valence-corrected chi connectivity index (χ4v) is 1.55. The molecule has 0 unspecified atom stereocenters. The molecule has 0 saturated carbocycles. The van der Waals surface area contributed by atoms with Crippen molar-refractivity contribution >= 4 is 23.5 Å². The number of halogens is 1. The minimum Gasteiger partial charge on any atom is -0.496 e. The van der Waals surface area contributed by atoms with Gasteiger partial charge >= 0.3 is 5.97 Å². The van der Waals surface area contributed by atoms with Crippen LogP contribution in [0.1, 0.15) is 23.2 Å². The van der Waals surface area contributed by atoms with Gasteiger partial charge in [0.05, 0.1) is 12.7 Å².